The molecule has 19 nitrogen and oxygen atoms in total. The van der Waals surface area contributed by atoms with Crippen molar-refractivity contribution in [1.29, 1.82) is 0 Å². The molecule has 7 N–H and O–H groups in total. The van der Waals surface area contributed by atoms with E-state index in [0.717, 1.165) is 0 Å². The van der Waals surface area contributed by atoms with Crippen molar-refractivity contribution in [1.82, 2.24) is 5.32 Å². The molecule has 0 bridgehead atoms. The fraction of sp³-hybridized carbons (Fsp3) is 0.938. The fourth-order valence-corrected chi connectivity index (χ4v) is 3.84. The van der Waals surface area contributed by atoms with Crippen molar-refractivity contribution in [3.8, 4) is 0 Å². The van der Waals surface area contributed by atoms with E-state index in [1.54, 1.807) is 0 Å². The van der Waals surface area contributed by atoms with Crippen LogP contribution in [0.4, 0.5) is 0 Å². The summed E-state index contributed by atoms with van der Waals surface area (Å²) in [5.41, 5.74) is 26.0. The minimum atomic E-state index is -1.81. The summed E-state index contributed by atoms with van der Waals surface area (Å²) in [5, 5.41) is 73.1. The standard InChI is InChI=1S/C16H26N10O9/c17-24-20-2-1-7(28)15(33)21-5-3-6(22-25-18)14(13(32)10(5)29)35-16-9(23-26-19)12(31)11(30)8(4-27)34-16/h5-14,16,27-32H,1-4H2,(H,21,33)/t5-,6?,7+,8?,9?,10-,11-,12-,13?,14-,16-/m1/s1. The number of aliphatic hydroxyl groups excluding tert-OH is 6. The Morgan fingerprint density at radius 2 is 1.74 bits per heavy atom. The van der Waals surface area contributed by atoms with Crippen LogP contribution in [-0.2, 0) is 14.3 Å². The van der Waals surface area contributed by atoms with Gasteiger partial charge in [-0.3, -0.25) is 4.79 Å². The van der Waals surface area contributed by atoms with Crippen LogP contribution >= 0.6 is 0 Å². The Labute approximate surface area is 196 Å². The van der Waals surface area contributed by atoms with Crippen LogP contribution in [0, 0.1) is 0 Å². The van der Waals surface area contributed by atoms with Crippen molar-refractivity contribution in [3.05, 3.63) is 31.3 Å². The van der Waals surface area contributed by atoms with Crippen LogP contribution in [0.15, 0.2) is 15.3 Å². The molecule has 1 amide bonds. The minimum Gasteiger partial charge on any atom is -0.394 e. The monoisotopic (exact) mass is 502 g/mol. The largest absolute Gasteiger partial charge is 0.394 e. The van der Waals surface area contributed by atoms with Crippen LogP contribution in [0.25, 0.3) is 31.3 Å². The molecule has 1 saturated heterocycles. The molecule has 19 heteroatoms. The highest BCUT2D eigenvalue weighted by molar-refractivity contribution is 5.80. The van der Waals surface area contributed by atoms with Crippen molar-refractivity contribution < 1.29 is 44.9 Å². The lowest BCUT2D eigenvalue weighted by Crippen LogP contribution is -2.64. The summed E-state index contributed by atoms with van der Waals surface area (Å²) in [4.78, 5) is 19.9. The molecule has 0 aromatic heterocycles. The van der Waals surface area contributed by atoms with Crippen LogP contribution in [0.5, 0.6) is 0 Å². The van der Waals surface area contributed by atoms with Gasteiger partial charge in [-0.2, -0.15) is 0 Å². The molecule has 0 aromatic rings. The van der Waals surface area contributed by atoms with Gasteiger partial charge in [0.1, 0.15) is 36.6 Å². The molecule has 1 aliphatic heterocycles. The zero-order valence-corrected chi connectivity index (χ0v) is 18.1. The highest BCUT2D eigenvalue weighted by Crippen LogP contribution is 2.31. The summed E-state index contributed by atoms with van der Waals surface area (Å²) in [6.07, 6.45) is -13.4. The predicted molar refractivity (Wildman–Crippen MR) is 112 cm³/mol. The van der Waals surface area contributed by atoms with Gasteiger partial charge in [0.15, 0.2) is 6.29 Å². The van der Waals surface area contributed by atoms with E-state index in [2.05, 4.69) is 35.4 Å². The number of rotatable bonds is 10. The normalized spacial score (nSPS) is 37.7. The second kappa shape index (κ2) is 13.2. The third kappa shape index (κ3) is 6.82. The van der Waals surface area contributed by atoms with E-state index in [4.69, 9.17) is 26.1 Å². The summed E-state index contributed by atoms with van der Waals surface area (Å²) in [7, 11) is 0. The molecule has 2 fully saturated rings. The molecule has 0 aromatic carbocycles. The quantitative estimate of drug-likeness (QED) is 0.0969. The number of hydrogen-bond donors (Lipinski definition) is 7. The Bertz CT molecular complexity index is 878. The predicted octanol–water partition coefficient (Wildman–Crippen LogP) is -2.16. The SMILES string of the molecule is [N-]=[N+]=NCC[C@H](O)C(=O)N[C@@H]1CC(N=[N+]=[N-])[C@@H](O[C@H]2OC(CO)[C@@H](O)[C@H](O)C2N=[N+]=[N-])C(O)[C@@H]1O. The van der Waals surface area contributed by atoms with Gasteiger partial charge in [-0.15, -0.1) is 0 Å². The van der Waals surface area contributed by atoms with E-state index >= 15 is 0 Å². The van der Waals surface area contributed by atoms with Crippen LogP contribution in [0.1, 0.15) is 12.8 Å². The van der Waals surface area contributed by atoms with E-state index in [9.17, 15) is 35.4 Å². The van der Waals surface area contributed by atoms with Crippen molar-refractivity contribution >= 4 is 5.91 Å². The molecule has 0 spiro atoms. The number of aliphatic hydroxyl groups is 6. The van der Waals surface area contributed by atoms with Gasteiger partial charge in [0.2, 0.25) is 5.91 Å². The van der Waals surface area contributed by atoms with E-state index in [1.165, 1.54) is 0 Å². The molecule has 1 heterocycles. The average molecular weight is 502 g/mol. The van der Waals surface area contributed by atoms with Gasteiger partial charge < -0.3 is 45.4 Å². The zero-order valence-electron chi connectivity index (χ0n) is 18.1. The Kier molecular flexibility index (Phi) is 10.7. The fourth-order valence-electron chi connectivity index (χ4n) is 3.84. The maximum absolute atomic E-state index is 12.2. The highest BCUT2D eigenvalue weighted by Gasteiger charge is 2.50. The Morgan fingerprint density at radius 1 is 1.06 bits per heavy atom. The summed E-state index contributed by atoms with van der Waals surface area (Å²) in [5.74, 6) is -0.935. The average Bonchev–Trinajstić information content (AvgIpc) is 2.84. The maximum Gasteiger partial charge on any atom is 0.249 e. The van der Waals surface area contributed by atoms with Crippen LogP contribution in [0.2, 0.25) is 0 Å². The summed E-state index contributed by atoms with van der Waals surface area (Å²) in [6.45, 7) is -0.909. The van der Waals surface area contributed by atoms with Gasteiger partial charge in [0.25, 0.3) is 0 Å². The first-order chi connectivity index (χ1) is 16.7. The Hall–Kier alpha value is -2.92. The Balaban J connectivity index is 2.20. The van der Waals surface area contributed by atoms with Crippen molar-refractivity contribution in [2.45, 2.75) is 80.0 Å². The number of azide groups is 3. The van der Waals surface area contributed by atoms with Crippen LogP contribution < -0.4 is 5.32 Å². The number of nitrogens with zero attached hydrogens (tertiary/aromatic N) is 9. The second-order valence-electron chi connectivity index (χ2n) is 7.87. The van der Waals surface area contributed by atoms with Gasteiger partial charge >= 0.3 is 0 Å². The zero-order chi connectivity index (χ0) is 26.1. The summed E-state index contributed by atoms with van der Waals surface area (Å²) in [6, 6.07) is -3.95. The highest BCUT2D eigenvalue weighted by atomic mass is 16.7. The van der Waals surface area contributed by atoms with E-state index in [1.807, 2.05) is 0 Å². The lowest BCUT2D eigenvalue weighted by molar-refractivity contribution is -0.294. The summed E-state index contributed by atoms with van der Waals surface area (Å²) < 4.78 is 11.0. The van der Waals surface area contributed by atoms with E-state index < -0.39 is 79.7 Å². The van der Waals surface area contributed by atoms with Crippen molar-refractivity contribution in [3.63, 3.8) is 0 Å². The van der Waals surface area contributed by atoms with E-state index in [-0.39, 0.29) is 19.4 Å². The lowest BCUT2D eigenvalue weighted by atomic mass is 9.83. The third-order valence-electron chi connectivity index (χ3n) is 5.69. The van der Waals surface area contributed by atoms with Crippen molar-refractivity contribution in [2.75, 3.05) is 13.2 Å². The first-order valence-electron chi connectivity index (χ1n) is 10.4. The summed E-state index contributed by atoms with van der Waals surface area (Å²) >= 11 is 0. The van der Waals surface area contributed by atoms with E-state index in [0.29, 0.717) is 0 Å². The van der Waals surface area contributed by atoms with Crippen molar-refractivity contribution in [2.24, 2.45) is 15.3 Å². The van der Waals surface area contributed by atoms with Crippen LogP contribution in [-0.4, -0.2) is 117 Å². The first-order valence-corrected chi connectivity index (χ1v) is 10.4. The lowest BCUT2D eigenvalue weighted by Gasteiger charge is -2.46. The molecule has 4 unspecified atom stereocenters. The molecule has 1 saturated carbocycles. The van der Waals surface area contributed by atoms with Crippen LogP contribution in [0.3, 0.4) is 0 Å². The Morgan fingerprint density at radius 3 is 2.34 bits per heavy atom. The molecule has 11 atom stereocenters. The van der Waals surface area contributed by atoms with Gasteiger partial charge in [-0.1, -0.05) is 15.3 Å². The molecule has 0 radical (unpaired) electrons. The molecular formula is C16H26N10O9. The first kappa shape index (κ1) is 28.3. The van der Waals surface area contributed by atoms with Gasteiger partial charge in [0, 0.05) is 21.3 Å². The topological polar surface area (TPSA) is 315 Å². The van der Waals surface area contributed by atoms with Gasteiger partial charge in [-0.05, 0) is 29.4 Å². The third-order valence-corrected chi connectivity index (χ3v) is 5.69. The smallest absolute Gasteiger partial charge is 0.249 e. The molecular weight excluding hydrogens is 476 g/mol. The van der Waals surface area contributed by atoms with Gasteiger partial charge in [0.05, 0.1) is 30.9 Å². The maximum atomic E-state index is 12.2. The number of hydrogen-bond acceptors (Lipinski definition) is 12. The molecule has 1 aliphatic carbocycles. The molecule has 2 rings (SSSR count). The number of ether oxygens (including phenoxy) is 2. The number of carbonyl (C=O) groups excluding carboxylic acids is 1. The number of amides is 1. The molecule has 35 heavy (non-hydrogen) atoms. The minimum absolute atomic E-state index is 0.165. The number of nitrogens with one attached hydrogen (secondary N) is 1. The second-order valence-corrected chi connectivity index (χ2v) is 7.87. The number of carbonyl (C=O) groups is 1. The molecule has 2 aliphatic rings. The van der Waals surface area contributed by atoms with Gasteiger partial charge in [-0.25, -0.2) is 0 Å². The molecule has 194 valence electrons.